The number of rotatable bonds is 7. The first-order valence-corrected chi connectivity index (χ1v) is 6.23. The highest BCUT2D eigenvalue weighted by Crippen LogP contribution is 2.28. The monoisotopic (exact) mass is 255 g/mol. The Labute approximate surface area is 109 Å². The Hall–Kier alpha value is -1.11. The van der Waals surface area contributed by atoms with E-state index in [1.54, 1.807) is 13.3 Å². The minimum Gasteiger partial charge on any atom is -0.493 e. The fourth-order valence-corrected chi connectivity index (χ4v) is 1.94. The summed E-state index contributed by atoms with van der Waals surface area (Å²) in [7, 11) is 5.75. The molecule has 0 aliphatic carbocycles. The summed E-state index contributed by atoms with van der Waals surface area (Å²) in [4.78, 5) is 2.13. The molecule has 0 aliphatic heterocycles. The SMILES string of the molecule is COc1cnn(C(C)C)c1C(CCN(C)C)NN. The molecule has 1 unspecified atom stereocenters. The fraction of sp³-hybridized carbons (Fsp3) is 0.750. The van der Waals surface area contributed by atoms with Gasteiger partial charge < -0.3 is 9.64 Å². The average molecular weight is 255 g/mol. The van der Waals surface area contributed by atoms with E-state index in [-0.39, 0.29) is 12.1 Å². The first-order chi connectivity index (χ1) is 8.51. The fourth-order valence-electron chi connectivity index (χ4n) is 1.94. The zero-order valence-electron chi connectivity index (χ0n) is 12.0. The number of nitrogens with two attached hydrogens (primary N) is 1. The summed E-state index contributed by atoms with van der Waals surface area (Å²) in [6.45, 7) is 5.13. The molecule has 1 rings (SSSR count). The normalized spacial score (nSPS) is 13.3. The number of methoxy groups -OCH3 is 1. The first-order valence-electron chi connectivity index (χ1n) is 6.23. The molecule has 0 aromatic carbocycles. The van der Waals surface area contributed by atoms with Gasteiger partial charge in [-0.15, -0.1) is 0 Å². The van der Waals surface area contributed by atoms with Gasteiger partial charge >= 0.3 is 0 Å². The molecule has 6 heteroatoms. The molecule has 6 nitrogen and oxygen atoms in total. The van der Waals surface area contributed by atoms with E-state index in [9.17, 15) is 0 Å². The number of hydrogen-bond acceptors (Lipinski definition) is 5. The van der Waals surface area contributed by atoms with Crippen LogP contribution in [0.2, 0.25) is 0 Å². The van der Waals surface area contributed by atoms with E-state index in [1.807, 2.05) is 18.8 Å². The van der Waals surface area contributed by atoms with Crippen molar-refractivity contribution in [2.45, 2.75) is 32.4 Å². The molecule has 1 aromatic heterocycles. The third-order valence-corrected chi connectivity index (χ3v) is 2.90. The highest BCUT2D eigenvalue weighted by atomic mass is 16.5. The highest BCUT2D eigenvalue weighted by Gasteiger charge is 2.22. The van der Waals surface area contributed by atoms with Crippen LogP contribution in [0.1, 0.15) is 38.0 Å². The molecule has 104 valence electrons. The van der Waals surface area contributed by atoms with E-state index in [1.165, 1.54) is 0 Å². The molecule has 0 saturated heterocycles. The van der Waals surface area contributed by atoms with Crippen LogP contribution >= 0.6 is 0 Å². The molecule has 0 spiro atoms. The van der Waals surface area contributed by atoms with E-state index >= 15 is 0 Å². The largest absolute Gasteiger partial charge is 0.493 e. The van der Waals surface area contributed by atoms with Gasteiger partial charge in [-0.3, -0.25) is 16.0 Å². The topological polar surface area (TPSA) is 68.3 Å². The van der Waals surface area contributed by atoms with E-state index in [4.69, 9.17) is 10.6 Å². The number of hydrogen-bond donors (Lipinski definition) is 2. The van der Waals surface area contributed by atoms with E-state index in [0.717, 1.165) is 24.4 Å². The summed E-state index contributed by atoms with van der Waals surface area (Å²) in [5.74, 6) is 6.46. The zero-order valence-corrected chi connectivity index (χ0v) is 12.0. The Balaban J connectivity index is 2.98. The summed E-state index contributed by atoms with van der Waals surface area (Å²) in [6.07, 6.45) is 2.65. The molecule has 0 radical (unpaired) electrons. The number of nitrogens with one attached hydrogen (secondary N) is 1. The van der Waals surface area contributed by atoms with Gasteiger partial charge in [0.25, 0.3) is 0 Å². The molecule has 1 heterocycles. The van der Waals surface area contributed by atoms with E-state index < -0.39 is 0 Å². The minimum atomic E-state index is 0.0345. The van der Waals surface area contributed by atoms with Crippen molar-refractivity contribution in [2.24, 2.45) is 5.84 Å². The molecule has 0 bridgehead atoms. The number of nitrogens with zero attached hydrogens (tertiary/aromatic N) is 3. The molecule has 1 aromatic rings. The summed E-state index contributed by atoms with van der Waals surface area (Å²) >= 11 is 0. The number of ether oxygens (including phenoxy) is 1. The second kappa shape index (κ2) is 6.72. The van der Waals surface area contributed by atoms with Crippen LogP contribution < -0.4 is 16.0 Å². The van der Waals surface area contributed by atoms with Crippen molar-refractivity contribution in [3.05, 3.63) is 11.9 Å². The van der Waals surface area contributed by atoms with Crippen LogP contribution in [0, 0.1) is 0 Å². The number of hydrazine groups is 1. The van der Waals surface area contributed by atoms with Gasteiger partial charge in [-0.25, -0.2) is 0 Å². The lowest BCUT2D eigenvalue weighted by Crippen LogP contribution is -2.33. The standard InChI is InChI=1S/C12H25N5O/c1-9(2)17-12(11(18-5)8-14-17)10(15-13)6-7-16(3)4/h8-10,15H,6-7,13H2,1-5H3. The number of aromatic nitrogens is 2. The lowest BCUT2D eigenvalue weighted by atomic mass is 10.1. The Bertz CT molecular complexity index is 361. The van der Waals surface area contributed by atoms with Gasteiger partial charge in [-0.05, 0) is 40.9 Å². The lowest BCUT2D eigenvalue weighted by molar-refractivity contribution is 0.337. The lowest BCUT2D eigenvalue weighted by Gasteiger charge is -2.22. The Morgan fingerprint density at radius 3 is 2.61 bits per heavy atom. The molecule has 0 fully saturated rings. The second-order valence-electron chi connectivity index (χ2n) is 4.95. The zero-order chi connectivity index (χ0) is 13.7. The van der Waals surface area contributed by atoms with Gasteiger partial charge in [-0.1, -0.05) is 0 Å². The minimum absolute atomic E-state index is 0.0345. The second-order valence-corrected chi connectivity index (χ2v) is 4.95. The highest BCUT2D eigenvalue weighted by molar-refractivity contribution is 5.28. The summed E-state index contributed by atoms with van der Waals surface area (Å²) in [6, 6.07) is 0.311. The maximum atomic E-state index is 5.68. The maximum Gasteiger partial charge on any atom is 0.161 e. The Kier molecular flexibility index (Phi) is 5.58. The smallest absolute Gasteiger partial charge is 0.161 e. The summed E-state index contributed by atoms with van der Waals surface area (Å²) in [5.41, 5.74) is 3.87. The quantitative estimate of drug-likeness (QED) is 0.560. The van der Waals surface area contributed by atoms with Crippen LogP contribution in [0.4, 0.5) is 0 Å². The van der Waals surface area contributed by atoms with Gasteiger partial charge in [0.15, 0.2) is 5.75 Å². The molecular formula is C12H25N5O. The van der Waals surface area contributed by atoms with E-state index in [2.05, 4.69) is 29.3 Å². The van der Waals surface area contributed by atoms with Gasteiger partial charge in [0.1, 0.15) is 0 Å². The van der Waals surface area contributed by atoms with Gasteiger partial charge in [0.2, 0.25) is 0 Å². The van der Waals surface area contributed by atoms with Crippen molar-refractivity contribution in [3.63, 3.8) is 0 Å². The van der Waals surface area contributed by atoms with Crippen molar-refractivity contribution in [3.8, 4) is 5.75 Å². The van der Waals surface area contributed by atoms with Crippen LogP contribution in [0.3, 0.4) is 0 Å². The predicted molar refractivity (Wildman–Crippen MR) is 72.4 cm³/mol. The maximum absolute atomic E-state index is 5.68. The van der Waals surface area contributed by atoms with Crippen molar-refractivity contribution in [1.82, 2.24) is 20.1 Å². The van der Waals surface area contributed by atoms with Crippen molar-refractivity contribution in [1.29, 1.82) is 0 Å². The van der Waals surface area contributed by atoms with Crippen LogP contribution in [-0.2, 0) is 0 Å². The van der Waals surface area contributed by atoms with Crippen molar-refractivity contribution >= 4 is 0 Å². The van der Waals surface area contributed by atoms with E-state index in [0.29, 0.717) is 0 Å². The molecule has 0 amide bonds. The molecule has 0 saturated carbocycles. The van der Waals surface area contributed by atoms with Crippen LogP contribution in [0.25, 0.3) is 0 Å². The third kappa shape index (κ3) is 3.44. The van der Waals surface area contributed by atoms with Crippen molar-refractivity contribution < 1.29 is 4.74 Å². The van der Waals surface area contributed by atoms with Gasteiger partial charge in [0, 0.05) is 6.04 Å². The molecule has 18 heavy (non-hydrogen) atoms. The predicted octanol–water partition coefficient (Wildman–Crippen LogP) is 0.929. The third-order valence-electron chi connectivity index (χ3n) is 2.90. The average Bonchev–Trinajstić information content (AvgIpc) is 2.73. The molecule has 3 N–H and O–H groups in total. The van der Waals surface area contributed by atoms with Crippen LogP contribution in [0.5, 0.6) is 5.75 Å². The molecule has 1 atom stereocenters. The first kappa shape index (κ1) is 14.9. The van der Waals surface area contributed by atoms with Crippen LogP contribution in [0.15, 0.2) is 6.20 Å². The van der Waals surface area contributed by atoms with Gasteiger partial charge in [-0.2, -0.15) is 5.10 Å². The van der Waals surface area contributed by atoms with Crippen LogP contribution in [-0.4, -0.2) is 42.4 Å². The molecular weight excluding hydrogens is 230 g/mol. The Morgan fingerprint density at radius 1 is 1.50 bits per heavy atom. The van der Waals surface area contributed by atoms with Gasteiger partial charge in [0.05, 0.1) is 25.0 Å². The van der Waals surface area contributed by atoms with Crippen molar-refractivity contribution in [2.75, 3.05) is 27.7 Å². The summed E-state index contributed by atoms with van der Waals surface area (Å²) in [5, 5.41) is 4.36. The Morgan fingerprint density at radius 2 is 2.17 bits per heavy atom. The molecule has 0 aliphatic rings. The summed E-state index contributed by atoms with van der Waals surface area (Å²) < 4.78 is 7.33.